The molecule has 0 spiro atoms. The second kappa shape index (κ2) is 9.55. The number of benzene rings is 3. The topological polar surface area (TPSA) is 43.3 Å². The van der Waals surface area contributed by atoms with Gasteiger partial charge in [-0.25, -0.2) is 5.01 Å². The molecule has 2 aliphatic rings. The summed E-state index contributed by atoms with van der Waals surface area (Å²) in [6.07, 6.45) is 2.35. The maximum Gasteiger partial charge on any atom is 0.213 e. The van der Waals surface area contributed by atoms with Gasteiger partial charge in [0, 0.05) is 22.0 Å². The molecule has 0 bridgehead atoms. The lowest BCUT2D eigenvalue weighted by Gasteiger charge is -2.38. The highest BCUT2D eigenvalue weighted by molar-refractivity contribution is 9.10. The number of nitrogens with zero attached hydrogens (tertiary/aromatic N) is 2. The molecule has 0 radical (unpaired) electrons. The van der Waals surface area contributed by atoms with Crippen LogP contribution in [-0.4, -0.2) is 23.4 Å². The average molecular weight is 519 g/mol. The molecule has 3 aromatic carbocycles. The second-order valence-corrected chi connectivity index (χ2v) is 9.57. The molecule has 0 aromatic heterocycles. The Morgan fingerprint density at radius 1 is 1.09 bits per heavy atom. The summed E-state index contributed by atoms with van der Waals surface area (Å²) in [6.45, 7) is 8.24. The smallest absolute Gasteiger partial charge is 0.213 e. The Balaban J connectivity index is 1.47. The molecule has 2 heterocycles. The number of hydrazone groups is 1. The molecule has 5 nitrogen and oxygen atoms in total. The van der Waals surface area contributed by atoms with E-state index in [1.54, 1.807) is 6.08 Å². The third-order valence-corrected chi connectivity index (χ3v) is 6.34. The third-order valence-electron chi connectivity index (χ3n) is 5.84. The van der Waals surface area contributed by atoms with Crippen LogP contribution in [0, 0.1) is 0 Å². The first-order valence-electron chi connectivity index (χ1n) is 11.4. The van der Waals surface area contributed by atoms with Gasteiger partial charge < -0.3 is 14.2 Å². The number of rotatable bonds is 7. The molecule has 2 aliphatic heterocycles. The molecule has 2 atom stereocenters. The van der Waals surface area contributed by atoms with Gasteiger partial charge in [-0.2, -0.15) is 5.10 Å². The summed E-state index contributed by atoms with van der Waals surface area (Å²) in [5.41, 5.74) is 4.28. The van der Waals surface area contributed by atoms with E-state index in [1.807, 2.05) is 50.2 Å². The molecule has 0 saturated heterocycles. The highest BCUT2D eigenvalue weighted by Gasteiger charge is 2.41. The van der Waals surface area contributed by atoms with E-state index in [0.717, 1.165) is 50.5 Å². The summed E-state index contributed by atoms with van der Waals surface area (Å²) < 4.78 is 19.0. The Bertz CT molecular complexity index is 1210. The van der Waals surface area contributed by atoms with Crippen LogP contribution >= 0.6 is 15.9 Å². The fourth-order valence-electron chi connectivity index (χ4n) is 4.33. The minimum atomic E-state index is -0.320. The number of hydrogen-bond donors (Lipinski definition) is 0. The van der Waals surface area contributed by atoms with Crippen molar-refractivity contribution < 1.29 is 14.2 Å². The predicted molar refractivity (Wildman–Crippen MR) is 138 cm³/mol. The molecule has 5 rings (SSSR count). The van der Waals surface area contributed by atoms with Crippen molar-refractivity contribution in [3.63, 3.8) is 0 Å². The van der Waals surface area contributed by atoms with E-state index < -0.39 is 0 Å². The van der Waals surface area contributed by atoms with E-state index in [4.69, 9.17) is 19.3 Å². The van der Waals surface area contributed by atoms with Gasteiger partial charge in [0.2, 0.25) is 6.23 Å². The van der Waals surface area contributed by atoms with Gasteiger partial charge in [-0.3, -0.25) is 0 Å². The lowest BCUT2D eigenvalue weighted by molar-refractivity contribution is -0.0191. The summed E-state index contributed by atoms with van der Waals surface area (Å²) in [5.74, 6) is 2.56. The third kappa shape index (κ3) is 4.55. The Morgan fingerprint density at radius 3 is 2.53 bits per heavy atom. The van der Waals surface area contributed by atoms with Crippen LogP contribution in [0.5, 0.6) is 17.2 Å². The van der Waals surface area contributed by atoms with Crippen molar-refractivity contribution in [2.75, 3.05) is 6.61 Å². The normalized spacial score (nSPS) is 18.6. The number of ether oxygens (including phenoxy) is 3. The van der Waals surface area contributed by atoms with Gasteiger partial charge >= 0.3 is 0 Å². The van der Waals surface area contributed by atoms with E-state index in [0.29, 0.717) is 6.61 Å². The molecule has 0 amide bonds. The molecule has 0 unspecified atom stereocenters. The predicted octanol–water partition coefficient (Wildman–Crippen LogP) is 7.04. The van der Waals surface area contributed by atoms with Gasteiger partial charge in [-0.15, -0.1) is 0 Å². The van der Waals surface area contributed by atoms with Crippen LogP contribution in [0.4, 0.5) is 0 Å². The molecule has 34 heavy (non-hydrogen) atoms. The average Bonchev–Trinajstić information content (AvgIpc) is 3.29. The molecule has 0 aliphatic carbocycles. The summed E-state index contributed by atoms with van der Waals surface area (Å²) in [7, 11) is 0. The van der Waals surface area contributed by atoms with Crippen LogP contribution in [0.15, 0.2) is 89.0 Å². The van der Waals surface area contributed by atoms with Crippen LogP contribution < -0.4 is 14.2 Å². The van der Waals surface area contributed by atoms with Crippen molar-refractivity contribution in [2.24, 2.45) is 5.10 Å². The maximum absolute atomic E-state index is 6.48. The summed E-state index contributed by atoms with van der Waals surface area (Å²) >= 11 is 3.62. The summed E-state index contributed by atoms with van der Waals surface area (Å²) in [6, 6.07) is 22.4. The van der Waals surface area contributed by atoms with Crippen molar-refractivity contribution in [3.8, 4) is 17.2 Å². The zero-order chi connectivity index (χ0) is 23.7. The highest BCUT2D eigenvalue weighted by atomic mass is 79.9. The zero-order valence-electron chi connectivity index (χ0n) is 19.3. The van der Waals surface area contributed by atoms with Crippen LogP contribution in [0.1, 0.15) is 49.2 Å². The Morgan fingerprint density at radius 2 is 1.82 bits per heavy atom. The molecule has 0 saturated carbocycles. The maximum atomic E-state index is 6.48. The zero-order valence-corrected chi connectivity index (χ0v) is 20.9. The Labute approximate surface area is 208 Å². The summed E-state index contributed by atoms with van der Waals surface area (Å²) in [4.78, 5) is 0. The van der Waals surface area contributed by atoms with Crippen molar-refractivity contribution in [1.29, 1.82) is 0 Å². The number of hydrogen-bond acceptors (Lipinski definition) is 5. The molecular formula is C28H27BrN2O3. The first-order chi connectivity index (χ1) is 16.5. The minimum Gasteiger partial charge on any atom is -0.491 e. The quantitative estimate of drug-likeness (QED) is 0.314. The second-order valence-electron chi connectivity index (χ2n) is 8.66. The van der Waals surface area contributed by atoms with Crippen molar-refractivity contribution in [2.45, 2.75) is 38.6 Å². The summed E-state index contributed by atoms with van der Waals surface area (Å²) in [5, 5.41) is 7.14. The van der Waals surface area contributed by atoms with Crippen LogP contribution in [-0.2, 0) is 0 Å². The van der Waals surface area contributed by atoms with Gasteiger partial charge in [0.25, 0.3) is 0 Å². The molecule has 0 fully saturated rings. The largest absolute Gasteiger partial charge is 0.491 e. The van der Waals surface area contributed by atoms with E-state index in [-0.39, 0.29) is 18.4 Å². The highest BCUT2D eigenvalue weighted by Crippen LogP contribution is 2.48. The van der Waals surface area contributed by atoms with Crippen LogP contribution in [0.3, 0.4) is 0 Å². The van der Waals surface area contributed by atoms with E-state index in [2.05, 4.69) is 57.8 Å². The van der Waals surface area contributed by atoms with Crippen LogP contribution in [0.2, 0.25) is 0 Å². The van der Waals surface area contributed by atoms with Crippen molar-refractivity contribution in [1.82, 2.24) is 5.01 Å². The molecule has 6 heteroatoms. The van der Waals surface area contributed by atoms with E-state index in [9.17, 15) is 0 Å². The van der Waals surface area contributed by atoms with Gasteiger partial charge in [0.15, 0.2) is 0 Å². The first-order valence-corrected chi connectivity index (χ1v) is 12.2. The monoisotopic (exact) mass is 518 g/mol. The number of fused-ring (bicyclic) bond motifs is 3. The fourth-order valence-corrected chi connectivity index (χ4v) is 4.71. The lowest BCUT2D eigenvalue weighted by atomic mass is 9.96. The minimum absolute atomic E-state index is 0.0875. The van der Waals surface area contributed by atoms with Crippen LogP contribution in [0.25, 0.3) is 0 Å². The van der Waals surface area contributed by atoms with Gasteiger partial charge in [-0.1, -0.05) is 28.6 Å². The molecule has 174 valence electrons. The fraction of sp³-hybridized carbons (Fsp3) is 0.250. The molecule has 3 aromatic rings. The van der Waals surface area contributed by atoms with Gasteiger partial charge in [0.05, 0.1) is 17.9 Å². The van der Waals surface area contributed by atoms with Crippen molar-refractivity contribution >= 4 is 21.6 Å². The van der Waals surface area contributed by atoms with Gasteiger partial charge in [0.1, 0.15) is 23.9 Å². The Kier molecular flexibility index (Phi) is 6.33. The first kappa shape index (κ1) is 22.5. The van der Waals surface area contributed by atoms with Crippen molar-refractivity contribution in [3.05, 3.63) is 101 Å². The van der Waals surface area contributed by atoms with E-state index in [1.165, 1.54) is 0 Å². The van der Waals surface area contributed by atoms with Gasteiger partial charge in [-0.05, 0) is 86.1 Å². The molecule has 0 N–H and O–H groups in total. The lowest BCUT2D eigenvalue weighted by Crippen LogP contribution is -2.33. The molecular weight excluding hydrogens is 492 g/mol. The Hall–Kier alpha value is -3.25. The number of halogens is 1. The SMILES string of the molecule is C=CCOc1ccc(C2=NN3[C@H](C2)c2cc(Br)ccc2O[C@H]3c2ccc(OC(C)C)cc2)cc1. The standard InChI is InChI=1S/C28H27BrN2O3/c1-4-15-32-22-10-5-19(6-11-22)25-17-26-24-16-21(29)9-14-27(24)34-28(31(26)30-25)20-7-12-23(13-8-20)33-18(2)3/h4-14,16,18,26,28H,1,15,17H2,2-3H3/t26-,28+/m1/s1. The van der Waals surface area contributed by atoms with E-state index >= 15 is 0 Å².